The second-order valence-corrected chi connectivity index (χ2v) is 5.57. The van der Waals surface area contributed by atoms with Crippen molar-refractivity contribution in [3.63, 3.8) is 0 Å². The van der Waals surface area contributed by atoms with E-state index in [9.17, 15) is 4.79 Å². The fraction of sp³-hybridized carbons (Fsp3) is 0.533. The van der Waals surface area contributed by atoms with E-state index in [1.54, 1.807) is 12.1 Å². The van der Waals surface area contributed by atoms with Gasteiger partial charge in [-0.3, -0.25) is 4.79 Å². The van der Waals surface area contributed by atoms with Crippen LogP contribution in [-0.4, -0.2) is 24.2 Å². The SMILES string of the molecule is O=C(CCc1ccc(Cl)cc1Cl)NCCCCCCO. The van der Waals surface area contributed by atoms with Crippen molar-refractivity contribution in [1.82, 2.24) is 5.32 Å². The molecular weight excluding hydrogens is 297 g/mol. The summed E-state index contributed by atoms with van der Waals surface area (Å²) >= 11 is 11.9. The number of unbranched alkanes of at least 4 members (excludes halogenated alkanes) is 3. The lowest BCUT2D eigenvalue weighted by atomic mass is 10.1. The van der Waals surface area contributed by atoms with Gasteiger partial charge in [-0.15, -0.1) is 0 Å². The lowest BCUT2D eigenvalue weighted by Crippen LogP contribution is -2.24. The Morgan fingerprint density at radius 1 is 1.15 bits per heavy atom. The number of nitrogens with one attached hydrogen (secondary N) is 1. The van der Waals surface area contributed by atoms with Crippen molar-refractivity contribution < 1.29 is 9.90 Å². The fourth-order valence-electron chi connectivity index (χ4n) is 1.88. The second-order valence-electron chi connectivity index (χ2n) is 4.72. The van der Waals surface area contributed by atoms with Gasteiger partial charge in [0.25, 0.3) is 0 Å². The molecule has 0 saturated carbocycles. The highest BCUT2D eigenvalue weighted by atomic mass is 35.5. The van der Waals surface area contributed by atoms with E-state index in [1.807, 2.05) is 6.07 Å². The molecular formula is C15H21Cl2NO2. The van der Waals surface area contributed by atoms with E-state index < -0.39 is 0 Å². The first-order valence-electron chi connectivity index (χ1n) is 6.95. The van der Waals surface area contributed by atoms with Gasteiger partial charge >= 0.3 is 0 Å². The first-order chi connectivity index (χ1) is 9.63. The average molecular weight is 318 g/mol. The maximum absolute atomic E-state index is 11.7. The molecule has 1 aromatic rings. The zero-order chi connectivity index (χ0) is 14.8. The Bertz CT molecular complexity index is 424. The smallest absolute Gasteiger partial charge is 0.220 e. The molecule has 0 fully saturated rings. The highest BCUT2D eigenvalue weighted by molar-refractivity contribution is 6.35. The summed E-state index contributed by atoms with van der Waals surface area (Å²) in [4.78, 5) is 11.7. The van der Waals surface area contributed by atoms with Crippen LogP contribution in [0, 0.1) is 0 Å². The van der Waals surface area contributed by atoms with E-state index in [1.165, 1.54) is 0 Å². The molecule has 0 saturated heterocycles. The molecule has 1 aromatic carbocycles. The second kappa shape index (κ2) is 10.0. The van der Waals surface area contributed by atoms with Crippen LogP contribution in [0.25, 0.3) is 0 Å². The largest absolute Gasteiger partial charge is 0.396 e. The number of aryl methyl sites for hydroxylation is 1. The van der Waals surface area contributed by atoms with E-state index in [4.69, 9.17) is 28.3 Å². The summed E-state index contributed by atoms with van der Waals surface area (Å²) in [7, 11) is 0. The van der Waals surface area contributed by atoms with Gasteiger partial charge in [0.15, 0.2) is 0 Å². The van der Waals surface area contributed by atoms with Crippen LogP contribution in [0.3, 0.4) is 0 Å². The Morgan fingerprint density at radius 3 is 2.60 bits per heavy atom. The molecule has 0 heterocycles. The van der Waals surface area contributed by atoms with Gasteiger partial charge in [0.2, 0.25) is 5.91 Å². The van der Waals surface area contributed by atoms with Crippen molar-refractivity contribution in [2.45, 2.75) is 38.5 Å². The zero-order valence-electron chi connectivity index (χ0n) is 11.5. The Hall–Kier alpha value is -0.770. The van der Waals surface area contributed by atoms with Gasteiger partial charge in [0, 0.05) is 29.6 Å². The van der Waals surface area contributed by atoms with Crippen molar-refractivity contribution in [3.8, 4) is 0 Å². The third-order valence-corrected chi connectivity index (χ3v) is 3.63. The summed E-state index contributed by atoms with van der Waals surface area (Å²) in [6.07, 6.45) is 4.87. The van der Waals surface area contributed by atoms with Crippen LogP contribution in [0.1, 0.15) is 37.7 Å². The van der Waals surface area contributed by atoms with Gasteiger partial charge in [-0.1, -0.05) is 42.1 Å². The minimum absolute atomic E-state index is 0.0400. The molecule has 0 aliphatic rings. The van der Waals surface area contributed by atoms with Crippen LogP contribution >= 0.6 is 23.2 Å². The Morgan fingerprint density at radius 2 is 1.90 bits per heavy atom. The van der Waals surface area contributed by atoms with Crippen LogP contribution in [0.15, 0.2) is 18.2 Å². The van der Waals surface area contributed by atoms with Crippen LogP contribution in [0.2, 0.25) is 10.0 Å². The van der Waals surface area contributed by atoms with E-state index in [0.717, 1.165) is 31.2 Å². The molecule has 0 aromatic heterocycles. The quantitative estimate of drug-likeness (QED) is 0.684. The lowest BCUT2D eigenvalue weighted by molar-refractivity contribution is -0.121. The Labute approximate surface area is 130 Å². The first kappa shape index (κ1) is 17.3. The lowest BCUT2D eigenvalue weighted by Gasteiger charge is -2.06. The van der Waals surface area contributed by atoms with Crippen LogP contribution in [-0.2, 0) is 11.2 Å². The highest BCUT2D eigenvalue weighted by Crippen LogP contribution is 2.21. The van der Waals surface area contributed by atoms with Gasteiger partial charge in [-0.25, -0.2) is 0 Å². The van der Waals surface area contributed by atoms with Gasteiger partial charge in [-0.05, 0) is 37.0 Å². The predicted octanol–water partition coefficient (Wildman–Crippen LogP) is 3.59. The highest BCUT2D eigenvalue weighted by Gasteiger charge is 2.05. The van der Waals surface area contributed by atoms with Crippen molar-refractivity contribution in [1.29, 1.82) is 0 Å². The minimum Gasteiger partial charge on any atom is -0.396 e. The third kappa shape index (κ3) is 7.13. The van der Waals surface area contributed by atoms with Crippen molar-refractivity contribution in [2.24, 2.45) is 0 Å². The van der Waals surface area contributed by atoms with Gasteiger partial charge in [0.05, 0.1) is 0 Å². The maximum Gasteiger partial charge on any atom is 0.220 e. The van der Waals surface area contributed by atoms with Crippen LogP contribution < -0.4 is 5.32 Å². The minimum atomic E-state index is 0.0400. The van der Waals surface area contributed by atoms with Crippen molar-refractivity contribution in [3.05, 3.63) is 33.8 Å². The zero-order valence-corrected chi connectivity index (χ0v) is 13.0. The average Bonchev–Trinajstić information content (AvgIpc) is 2.41. The normalized spacial score (nSPS) is 10.6. The van der Waals surface area contributed by atoms with Gasteiger partial charge in [-0.2, -0.15) is 0 Å². The summed E-state index contributed by atoms with van der Waals surface area (Å²) in [5.41, 5.74) is 0.939. The summed E-state index contributed by atoms with van der Waals surface area (Å²) < 4.78 is 0. The molecule has 0 bridgehead atoms. The van der Waals surface area contributed by atoms with E-state index in [2.05, 4.69) is 5.32 Å². The predicted molar refractivity (Wildman–Crippen MR) is 83.3 cm³/mol. The maximum atomic E-state index is 11.7. The van der Waals surface area contributed by atoms with Crippen LogP contribution in [0.5, 0.6) is 0 Å². The Kier molecular flexibility index (Phi) is 8.67. The molecule has 1 rings (SSSR count). The number of aliphatic hydroxyl groups excluding tert-OH is 1. The number of benzene rings is 1. The third-order valence-electron chi connectivity index (χ3n) is 3.04. The first-order valence-corrected chi connectivity index (χ1v) is 7.70. The number of carbonyl (C=O) groups excluding carboxylic acids is 1. The molecule has 3 nitrogen and oxygen atoms in total. The number of aliphatic hydroxyl groups is 1. The Balaban J connectivity index is 2.16. The molecule has 5 heteroatoms. The molecule has 0 aliphatic carbocycles. The number of amides is 1. The van der Waals surface area contributed by atoms with E-state index in [0.29, 0.717) is 29.4 Å². The summed E-state index contributed by atoms with van der Waals surface area (Å²) in [6.45, 7) is 0.937. The molecule has 0 radical (unpaired) electrons. The number of hydrogen-bond acceptors (Lipinski definition) is 2. The monoisotopic (exact) mass is 317 g/mol. The summed E-state index contributed by atoms with van der Waals surface area (Å²) in [5.74, 6) is 0.0400. The number of hydrogen-bond donors (Lipinski definition) is 2. The molecule has 0 unspecified atom stereocenters. The molecule has 112 valence electrons. The summed E-state index contributed by atoms with van der Waals surface area (Å²) in [6, 6.07) is 5.33. The van der Waals surface area contributed by atoms with Crippen LogP contribution in [0.4, 0.5) is 0 Å². The van der Waals surface area contributed by atoms with Gasteiger partial charge in [0.1, 0.15) is 0 Å². The fourth-order valence-corrected chi connectivity index (χ4v) is 2.38. The van der Waals surface area contributed by atoms with Crippen molar-refractivity contribution >= 4 is 29.1 Å². The number of carbonyl (C=O) groups is 1. The molecule has 20 heavy (non-hydrogen) atoms. The molecule has 0 atom stereocenters. The molecule has 0 spiro atoms. The topological polar surface area (TPSA) is 49.3 Å². The summed E-state index contributed by atoms with van der Waals surface area (Å²) in [5, 5.41) is 12.7. The number of rotatable bonds is 9. The molecule has 2 N–H and O–H groups in total. The van der Waals surface area contributed by atoms with Gasteiger partial charge < -0.3 is 10.4 Å². The van der Waals surface area contributed by atoms with Crippen molar-refractivity contribution in [2.75, 3.05) is 13.2 Å². The molecule has 0 aliphatic heterocycles. The standard InChI is InChI=1S/C15H21Cl2NO2/c16-13-7-5-12(14(17)11-13)6-8-15(20)18-9-3-1-2-4-10-19/h5,7,11,19H,1-4,6,8-10H2,(H,18,20). The molecule has 1 amide bonds. The van der Waals surface area contributed by atoms with E-state index in [-0.39, 0.29) is 12.5 Å². The number of halogens is 2. The van der Waals surface area contributed by atoms with E-state index >= 15 is 0 Å².